The van der Waals surface area contributed by atoms with E-state index in [1.165, 1.54) is 6.92 Å². The minimum atomic E-state index is -1.36. The van der Waals surface area contributed by atoms with Crippen LogP contribution in [0.2, 0.25) is 0 Å². The summed E-state index contributed by atoms with van der Waals surface area (Å²) < 4.78 is 10.7. The Hall–Kier alpha value is -0.160. The van der Waals surface area contributed by atoms with Gasteiger partial charge >= 0.3 is 0 Å². The van der Waals surface area contributed by atoms with Crippen molar-refractivity contribution in [1.29, 1.82) is 0 Å². The van der Waals surface area contributed by atoms with Crippen molar-refractivity contribution in [1.82, 2.24) is 0 Å². The average Bonchev–Trinajstić information content (AvgIpc) is 2.22. The van der Waals surface area contributed by atoms with E-state index in [4.69, 9.17) is 9.47 Å². The van der Waals surface area contributed by atoms with E-state index in [1.54, 1.807) is 0 Å². The van der Waals surface area contributed by atoms with Crippen LogP contribution in [0.4, 0.5) is 0 Å². The van der Waals surface area contributed by atoms with Gasteiger partial charge in [0.15, 0.2) is 6.29 Å². The van der Waals surface area contributed by atoms with Crippen molar-refractivity contribution in [3.63, 3.8) is 0 Å². The molecule has 0 heterocycles. The van der Waals surface area contributed by atoms with E-state index in [0.717, 1.165) is 6.42 Å². The van der Waals surface area contributed by atoms with Crippen molar-refractivity contribution in [2.45, 2.75) is 58.5 Å². The molecular weight excluding hydrogens is 196 g/mol. The van der Waals surface area contributed by atoms with Crippen molar-refractivity contribution in [2.24, 2.45) is 0 Å². The van der Waals surface area contributed by atoms with Gasteiger partial charge in [-0.2, -0.15) is 0 Å². The summed E-state index contributed by atoms with van der Waals surface area (Å²) in [6.45, 7) is 8.11. The molecule has 0 aliphatic rings. The lowest BCUT2D eigenvalue weighted by atomic mass is 9.96. The predicted octanol–water partition coefficient (Wildman–Crippen LogP) is 1.30. The highest BCUT2D eigenvalue weighted by molar-refractivity contribution is 4.84. The van der Waals surface area contributed by atoms with Crippen molar-refractivity contribution in [2.75, 3.05) is 13.2 Å². The molecule has 2 N–H and O–H groups in total. The molecule has 0 fully saturated rings. The second kappa shape index (κ2) is 7.17. The summed E-state index contributed by atoms with van der Waals surface area (Å²) in [5.74, 6) is 0. The number of aliphatic hydroxyl groups is 2. The molecule has 0 aliphatic heterocycles. The lowest BCUT2D eigenvalue weighted by molar-refractivity contribution is -0.258. The largest absolute Gasteiger partial charge is 0.390 e. The first-order valence-corrected chi connectivity index (χ1v) is 5.64. The van der Waals surface area contributed by atoms with Crippen LogP contribution in [-0.4, -0.2) is 41.4 Å². The predicted molar refractivity (Wildman–Crippen MR) is 58.6 cm³/mol. The highest BCUT2D eigenvalue weighted by Crippen LogP contribution is 2.21. The van der Waals surface area contributed by atoms with Gasteiger partial charge in [0.05, 0.1) is 6.10 Å². The van der Waals surface area contributed by atoms with Crippen LogP contribution in [0.3, 0.4) is 0 Å². The van der Waals surface area contributed by atoms with E-state index in [2.05, 4.69) is 0 Å². The van der Waals surface area contributed by atoms with E-state index in [0.29, 0.717) is 19.6 Å². The summed E-state index contributed by atoms with van der Waals surface area (Å²) in [6, 6.07) is 0. The lowest BCUT2D eigenvalue weighted by Gasteiger charge is -2.35. The third-order valence-corrected chi connectivity index (χ3v) is 2.33. The summed E-state index contributed by atoms with van der Waals surface area (Å²) >= 11 is 0. The van der Waals surface area contributed by atoms with Gasteiger partial charge in [0, 0.05) is 13.2 Å². The molecule has 0 aliphatic carbocycles. The number of aliphatic hydroxyl groups excluding tert-OH is 1. The first-order chi connectivity index (χ1) is 7.00. The SMILES string of the molecule is CCCOC(OCC)C(C)(O)C(O)CC. The Labute approximate surface area is 92.2 Å². The third kappa shape index (κ3) is 4.47. The van der Waals surface area contributed by atoms with Gasteiger partial charge in [-0.3, -0.25) is 0 Å². The number of hydrogen-bond acceptors (Lipinski definition) is 4. The molecule has 4 nitrogen and oxygen atoms in total. The van der Waals surface area contributed by atoms with Crippen LogP contribution < -0.4 is 0 Å². The van der Waals surface area contributed by atoms with Gasteiger partial charge in [0.1, 0.15) is 5.60 Å². The van der Waals surface area contributed by atoms with Gasteiger partial charge in [-0.1, -0.05) is 13.8 Å². The Morgan fingerprint density at radius 1 is 1.20 bits per heavy atom. The molecule has 4 heteroatoms. The highest BCUT2D eigenvalue weighted by Gasteiger charge is 2.39. The van der Waals surface area contributed by atoms with E-state index in [-0.39, 0.29) is 0 Å². The second-order valence-corrected chi connectivity index (χ2v) is 3.81. The van der Waals surface area contributed by atoms with Crippen molar-refractivity contribution in [3.8, 4) is 0 Å². The number of rotatable bonds is 8. The van der Waals surface area contributed by atoms with Gasteiger partial charge in [-0.25, -0.2) is 0 Å². The minimum Gasteiger partial charge on any atom is -0.390 e. The maximum Gasteiger partial charge on any atom is 0.188 e. The van der Waals surface area contributed by atoms with Gasteiger partial charge in [0.2, 0.25) is 0 Å². The zero-order valence-corrected chi connectivity index (χ0v) is 10.2. The molecule has 0 rings (SSSR count). The summed E-state index contributed by atoms with van der Waals surface area (Å²) in [4.78, 5) is 0. The number of hydrogen-bond donors (Lipinski definition) is 2. The van der Waals surface area contributed by atoms with E-state index < -0.39 is 18.0 Å². The molecule has 0 spiro atoms. The summed E-state index contributed by atoms with van der Waals surface area (Å²) in [5.41, 5.74) is -1.36. The molecule has 0 aromatic carbocycles. The van der Waals surface area contributed by atoms with Crippen LogP contribution in [0.25, 0.3) is 0 Å². The molecule has 3 unspecified atom stereocenters. The minimum absolute atomic E-state index is 0.445. The molecule has 92 valence electrons. The third-order valence-electron chi connectivity index (χ3n) is 2.33. The Morgan fingerprint density at radius 2 is 1.80 bits per heavy atom. The Bertz CT molecular complexity index is 159. The lowest BCUT2D eigenvalue weighted by Crippen LogP contribution is -2.52. The van der Waals surface area contributed by atoms with E-state index in [9.17, 15) is 10.2 Å². The van der Waals surface area contributed by atoms with Gasteiger partial charge in [0.25, 0.3) is 0 Å². The van der Waals surface area contributed by atoms with Crippen LogP contribution in [0.5, 0.6) is 0 Å². The monoisotopic (exact) mass is 220 g/mol. The normalized spacial score (nSPS) is 19.6. The summed E-state index contributed by atoms with van der Waals surface area (Å²) in [5, 5.41) is 19.8. The topological polar surface area (TPSA) is 58.9 Å². The van der Waals surface area contributed by atoms with Crippen molar-refractivity contribution >= 4 is 0 Å². The van der Waals surface area contributed by atoms with Gasteiger partial charge in [-0.15, -0.1) is 0 Å². The number of ether oxygens (including phenoxy) is 2. The van der Waals surface area contributed by atoms with Crippen LogP contribution in [0, 0.1) is 0 Å². The fourth-order valence-corrected chi connectivity index (χ4v) is 1.33. The fraction of sp³-hybridized carbons (Fsp3) is 1.00. The summed E-state index contributed by atoms with van der Waals surface area (Å²) in [6.07, 6.45) is -0.295. The zero-order valence-electron chi connectivity index (χ0n) is 10.2. The summed E-state index contributed by atoms with van der Waals surface area (Å²) in [7, 11) is 0. The van der Waals surface area contributed by atoms with Crippen LogP contribution in [-0.2, 0) is 9.47 Å². The second-order valence-electron chi connectivity index (χ2n) is 3.81. The Morgan fingerprint density at radius 3 is 2.20 bits per heavy atom. The Kier molecular flexibility index (Phi) is 7.09. The van der Waals surface area contributed by atoms with Crippen LogP contribution >= 0.6 is 0 Å². The first kappa shape index (κ1) is 14.8. The molecule has 0 saturated carbocycles. The van der Waals surface area contributed by atoms with Crippen molar-refractivity contribution in [3.05, 3.63) is 0 Å². The molecule has 15 heavy (non-hydrogen) atoms. The maximum absolute atomic E-state index is 10.1. The molecular formula is C11H24O4. The molecule has 0 bridgehead atoms. The zero-order chi connectivity index (χ0) is 11.9. The first-order valence-electron chi connectivity index (χ1n) is 5.64. The maximum atomic E-state index is 10.1. The van der Waals surface area contributed by atoms with Gasteiger partial charge < -0.3 is 19.7 Å². The molecule has 0 aromatic heterocycles. The quantitative estimate of drug-likeness (QED) is 0.605. The van der Waals surface area contributed by atoms with Gasteiger partial charge in [-0.05, 0) is 26.7 Å². The molecule has 0 saturated heterocycles. The average molecular weight is 220 g/mol. The van der Waals surface area contributed by atoms with E-state index in [1.807, 2.05) is 20.8 Å². The highest BCUT2D eigenvalue weighted by atomic mass is 16.7. The fourth-order valence-electron chi connectivity index (χ4n) is 1.33. The Balaban J connectivity index is 4.42. The molecule has 3 atom stereocenters. The molecule has 0 amide bonds. The van der Waals surface area contributed by atoms with Crippen LogP contribution in [0.1, 0.15) is 40.5 Å². The smallest absolute Gasteiger partial charge is 0.188 e. The standard InChI is InChI=1S/C11H24O4/c1-5-8-15-10(14-7-3)11(4,13)9(12)6-2/h9-10,12-13H,5-8H2,1-4H3. The molecule has 0 radical (unpaired) electrons. The van der Waals surface area contributed by atoms with Crippen molar-refractivity contribution < 1.29 is 19.7 Å². The van der Waals surface area contributed by atoms with Crippen LogP contribution in [0.15, 0.2) is 0 Å². The van der Waals surface area contributed by atoms with E-state index >= 15 is 0 Å². The molecule has 0 aromatic rings.